The van der Waals surface area contributed by atoms with Crippen molar-refractivity contribution in [1.29, 1.82) is 0 Å². The number of aromatic amines is 1. The summed E-state index contributed by atoms with van der Waals surface area (Å²) in [4.78, 5) is 16.6. The molecule has 1 aromatic carbocycles. The minimum absolute atomic E-state index is 0.296. The molecule has 0 aliphatic carbocycles. The van der Waals surface area contributed by atoms with E-state index in [4.69, 9.17) is 0 Å². The van der Waals surface area contributed by atoms with E-state index in [-0.39, 0.29) is 0 Å². The minimum Gasteiger partial charge on any atom is -0.378 e. The van der Waals surface area contributed by atoms with Crippen LogP contribution in [0, 0.1) is 0 Å². The highest BCUT2D eigenvalue weighted by molar-refractivity contribution is 5.80. The van der Waals surface area contributed by atoms with Gasteiger partial charge in [0.05, 0.1) is 12.4 Å². The summed E-state index contributed by atoms with van der Waals surface area (Å²) in [5, 5.41) is 9.77. The van der Waals surface area contributed by atoms with Gasteiger partial charge in [0.1, 0.15) is 0 Å². The van der Waals surface area contributed by atoms with Gasteiger partial charge in [-0.25, -0.2) is 9.89 Å². The number of benzene rings is 1. The molecule has 19 heavy (non-hydrogen) atoms. The van der Waals surface area contributed by atoms with E-state index in [1.807, 2.05) is 43.3 Å². The Morgan fingerprint density at radius 2 is 2.05 bits per heavy atom. The van der Waals surface area contributed by atoms with Crippen LogP contribution in [0.1, 0.15) is 5.56 Å². The van der Waals surface area contributed by atoms with E-state index < -0.39 is 5.69 Å². The molecule has 0 saturated carbocycles. The van der Waals surface area contributed by atoms with Crippen LogP contribution in [0.2, 0.25) is 0 Å². The molecular formula is C12H14N6O. The fourth-order valence-electron chi connectivity index (χ4n) is 1.40. The number of anilines is 2. The van der Waals surface area contributed by atoms with E-state index in [9.17, 15) is 4.79 Å². The van der Waals surface area contributed by atoms with E-state index in [2.05, 4.69) is 25.7 Å². The second-order valence-electron chi connectivity index (χ2n) is 4.03. The monoisotopic (exact) mass is 258 g/mol. The summed E-state index contributed by atoms with van der Waals surface area (Å²) in [6, 6.07) is 7.89. The van der Waals surface area contributed by atoms with Crippen molar-refractivity contribution in [3.63, 3.8) is 0 Å². The molecule has 7 heteroatoms. The predicted octanol–water partition coefficient (Wildman–Crippen LogP) is 0.677. The van der Waals surface area contributed by atoms with Gasteiger partial charge in [-0.15, -0.1) is 0 Å². The lowest BCUT2D eigenvalue weighted by atomic mass is 10.2. The average Bonchev–Trinajstić information content (AvgIpc) is 2.39. The third kappa shape index (κ3) is 3.63. The van der Waals surface area contributed by atoms with Crippen LogP contribution in [0.25, 0.3) is 0 Å². The first-order chi connectivity index (χ1) is 9.15. The van der Waals surface area contributed by atoms with Gasteiger partial charge in [0.25, 0.3) is 0 Å². The van der Waals surface area contributed by atoms with Crippen LogP contribution in [0.5, 0.6) is 0 Å². The Hall–Kier alpha value is -2.70. The van der Waals surface area contributed by atoms with Crippen molar-refractivity contribution in [2.45, 2.75) is 0 Å². The number of nitrogens with zero attached hydrogens (tertiary/aromatic N) is 4. The smallest absolute Gasteiger partial charge is 0.363 e. The molecule has 2 rings (SSSR count). The van der Waals surface area contributed by atoms with Crippen LogP contribution in [-0.2, 0) is 0 Å². The van der Waals surface area contributed by atoms with Gasteiger partial charge in [-0.05, 0) is 17.7 Å². The van der Waals surface area contributed by atoms with E-state index in [1.165, 1.54) is 6.20 Å². The summed E-state index contributed by atoms with van der Waals surface area (Å²) >= 11 is 0. The second kappa shape index (κ2) is 5.76. The molecule has 0 spiro atoms. The van der Waals surface area contributed by atoms with Crippen molar-refractivity contribution in [1.82, 2.24) is 15.2 Å². The summed E-state index contributed by atoms with van der Waals surface area (Å²) < 4.78 is 0. The Labute approximate surface area is 110 Å². The first kappa shape index (κ1) is 12.7. The van der Waals surface area contributed by atoms with Gasteiger partial charge in [0.2, 0.25) is 0 Å². The molecule has 7 nitrogen and oxygen atoms in total. The second-order valence-corrected chi connectivity index (χ2v) is 4.03. The molecule has 98 valence electrons. The first-order valence-corrected chi connectivity index (χ1v) is 5.63. The number of nitrogens with one attached hydrogen (secondary N) is 2. The van der Waals surface area contributed by atoms with Crippen LogP contribution in [0.4, 0.5) is 11.5 Å². The molecule has 2 aromatic rings. The third-order valence-electron chi connectivity index (χ3n) is 2.37. The normalized spacial score (nSPS) is 10.6. The molecule has 1 aromatic heterocycles. The quantitative estimate of drug-likeness (QED) is 0.622. The summed E-state index contributed by atoms with van der Waals surface area (Å²) in [5.41, 5.74) is 4.18. The average molecular weight is 258 g/mol. The number of hydrogen-bond donors (Lipinski definition) is 2. The summed E-state index contributed by atoms with van der Waals surface area (Å²) in [6.07, 6.45) is 3.02. The Morgan fingerprint density at radius 3 is 2.68 bits per heavy atom. The Bertz CT molecular complexity index is 617. The Morgan fingerprint density at radius 1 is 1.32 bits per heavy atom. The van der Waals surface area contributed by atoms with Crippen LogP contribution >= 0.6 is 0 Å². The lowest BCUT2D eigenvalue weighted by molar-refractivity contribution is 0.913. The summed E-state index contributed by atoms with van der Waals surface area (Å²) in [5.74, 6) is 0.296. The van der Waals surface area contributed by atoms with Gasteiger partial charge in [-0.3, -0.25) is 5.43 Å². The van der Waals surface area contributed by atoms with Crippen molar-refractivity contribution < 1.29 is 0 Å². The molecule has 0 aliphatic rings. The maximum atomic E-state index is 10.9. The molecule has 0 saturated heterocycles. The minimum atomic E-state index is -0.518. The zero-order chi connectivity index (χ0) is 13.7. The SMILES string of the molecule is CN(C)c1ccc(C=NNc2cn[nH]c(=O)n2)cc1. The zero-order valence-corrected chi connectivity index (χ0v) is 10.7. The topological polar surface area (TPSA) is 86.3 Å². The van der Waals surface area contributed by atoms with E-state index >= 15 is 0 Å². The number of rotatable bonds is 4. The van der Waals surface area contributed by atoms with Gasteiger partial charge < -0.3 is 4.90 Å². The number of aromatic nitrogens is 3. The van der Waals surface area contributed by atoms with Crippen LogP contribution < -0.4 is 16.0 Å². The van der Waals surface area contributed by atoms with Crippen molar-refractivity contribution in [2.24, 2.45) is 5.10 Å². The molecular weight excluding hydrogens is 244 g/mol. The van der Waals surface area contributed by atoms with E-state index in [0.717, 1.165) is 11.3 Å². The molecule has 0 atom stereocenters. The van der Waals surface area contributed by atoms with Crippen LogP contribution in [0.3, 0.4) is 0 Å². The maximum absolute atomic E-state index is 10.9. The van der Waals surface area contributed by atoms with Gasteiger partial charge in [0.15, 0.2) is 5.82 Å². The summed E-state index contributed by atoms with van der Waals surface area (Å²) in [7, 11) is 3.96. The van der Waals surface area contributed by atoms with Crippen LogP contribution in [-0.4, -0.2) is 35.5 Å². The third-order valence-corrected chi connectivity index (χ3v) is 2.37. The molecule has 0 unspecified atom stereocenters. The Balaban J connectivity index is 2.01. The fourth-order valence-corrected chi connectivity index (χ4v) is 1.40. The standard InChI is InChI=1S/C12H14N6O/c1-18(2)10-5-3-9(4-6-10)7-13-16-11-8-14-17-12(19)15-11/h3-8H,1-2H3,(H2,15,16,17,19). The van der Waals surface area contributed by atoms with Crippen LogP contribution in [0.15, 0.2) is 40.4 Å². The van der Waals surface area contributed by atoms with Crippen molar-refractivity contribution >= 4 is 17.7 Å². The van der Waals surface area contributed by atoms with Crippen molar-refractivity contribution in [2.75, 3.05) is 24.4 Å². The number of hydrazone groups is 1. The number of hydrogen-bond acceptors (Lipinski definition) is 6. The molecule has 0 fully saturated rings. The van der Waals surface area contributed by atoms with E-state index in [1.54, 1.807) is 6.21 Å². The largest absolute Gasteiger partial charge is 0.378 e. The molecule has 0 bridgehead atoms. The van der Waals surface area contributed by atoms with E-state index in [0.29, 0.717) is 5.82 Å². The molecule has 0 aliphatic heterocycles. The Kier molecular flexibility index (Phi) is 3.87. The lowest BCUT2D eigenvalue weighted by Crippen LogP contribution is -2.13. The highest BCUT2D eigenvalue weighted by atomic mass is 16.1. The highest BCUT2D eigenvalue weighted by Crippen LogP contribution is 2.10. The highest BCUT2D eigenvalue weighted by Gasteiger charge is 1.95. The van der Waals surface area contributed by atoms with Gasteiger partial charge >= 0.3 is 5.69 Å². The van der Waals surface area contributed by atoms with Gasteiger partial charge in [-0.1, -0.05) is 12.1 Å². The van der Waals surface area contributed by atoms with Crippen molar-refractivity contribution in [3.8, 4) is 0 Å². The number of H-pyrrole nitrogens is 1. The lowest BCUT2D eigenvalue weighted by Gasteiger charge is -2.11. The predicted molar refractivity (Wildman–Crippen MR) is 74.6 cm³/mol. The first-order valence-electron chi connectivity index (χ1n) is 5.63. The molecule has 0 amide bonds. The van der Waals surface area contributed by atoms with Gasteiger partial charge in [0, 0.05) is 19.8 Å². The van der Waals surface area contributed by atoms with Gasteiger partial charge in [-0.2, -0.15) is 15.2 Å². The van der Waals surface area contributed by atoms with Crippen molar-refractivity contribution in [3.05, 3.63) is 46.5 Å². The zero-order valence-electron chi connectivity index (χ0n) is 10.7. The fraction of sp³-hybridized carbons (Fsp3) is 0.167. The molecule has 0 radical (unpaired) electrons. The molecule has 2 N–H and O–H groups in total. The molecule has 1 heterocycles. The summed E-state index contributed by atoms with van der Waals surface area (Å²) in [6.45, 7) is 0. The maximum Gasteiger partial charge on any atom is 0.363 e.